The van der Waals surface area contributed by atoms with Crippen LogP contribution in [0.15, 0.2) is 46.4 Å². The highest BCUT2D eigenvalue weighted by molar-refractivity contribution is 7.13. The molecule has 0 aromatic carbocycles. The Hall–Kier alpha value is -3.59. The van der Waals surface area contributed by atoms with Crippen molar-refractivity contribution >= 4 is 23.1 Å². The number of hydrogen-bond acceptors (Lipinski definition) is 8. The van der Waals surface area contributed by atoms with E-state index in [1.807, 2.05) is 36.6 Å². The molecule has 0 atom stereocenters. The minimum Gasteiger partial charge on any atom is -0.457 e. The van der Waals surface area contributed by atoms with Crippen LogP contribution < -0.4 is 0 Å². The number of ether oxygens (including phenoxy) is 1. The Labute approximate surface area is 182 Å². The first-order valence-corrected chi connectivity index (χ1v) is 10.5. The summed E-state index contributed by atoms with van der Waals surface area (Å²) in [7, 11) is 0. The molecule has 8 nitrogen and oxygen atoms in total. The smallest absolute Gasteiger partial charge is 0.312 e. The van der Waals surface area contributed by atoms with Crippen LogP contribution in [0.1, 0.15) is 33.2 Å². The van der Waals surface area contributed by atoms with Gasteiger partial charge in [0.1, 0.15) is 10.8 Å². The van der Waals surface area contributed by atoms with Crippen molar-refractivity contribution in [2.24, 2.45) is 0 Å². The van der Waals surface area contributed by atoms with Crippen LogP contribution in [0, 0.1) is 20.8 Å². The predicted molar refractivity (Wildman–Crippen MR) is 114 cm³/mol. The van der Waals surface area contributed by atoms with Crippen molar-refractivity contribution < 1.29 is 18.8 Å². The second-order valence-corrected chi connectivity index (χ2v) is 7.89. The van der Waals surface area contributed by atoms with Crippen LogP contribution in [-0.4, -0.2) is 38.1 Å². The van der Waals surface area contributed by atoms with E-state index in [4.69, 9.17) is 9.26 Å². The number of thiazole rings is 1. The predicted octanol–water partition coefficient (Wildman–Crippen LogP) is 3.88. The van der Waals surface area contributed by atoms with Crippen LogP contribution in [0.5, 0.6) is 0 Å². The molecule has 0 aliphatic rings. The zero-order valence-electron chi connectivity index (χ0n) is 17.3. The van der Waals surface area contributed by atoms with Crippen molar-refractivity contribution in [3.8, 4) is 16.5 Å². The van der Waals surface area contributed by atoms with Gasteiger partial charge in [-0.05, 0) is 39.0 Å². The van der Waals surface area contributed by atoms with Crippen LogP contribution in [0.3, 0.4) is 0 Å². The number of hydrogen-bond donors (Lipinski definition) is 0. The van der Waals surface area contributed by atoms with Crippen LogP contribution in [0.25, 0.3) is 16.5 Å². The number of ketones is 1. The number of rotatable bonds is 7. The fourth-order valence-corrected chi connectivity index (χ4v) is 4.07. The van der Waals surface area contributed by atoms with E-state index < -0.39 is 5.97 Å². The molecule has 0 saturated carbocycles. The summed E-state index contributed by atoms with van der Waals surface area (Å²) < 4.78 is 12.2. The molecule has 0 unspecified atom stereocenters. The van der Waals surface area contributed by atoms with Gasteiger partial charge in [-0.2, -0.15) is 0 Å². The minimum atomic E-state index is -0.507. The topological polar surface area (TPSA) is 100 Å². The summed E-state index contributed by atoms with van der Waals surface area (Å²) in [6.07, 6.45) is 1.69. The number of Topliss-reactive ketones (excluding diaryl/α,β-unsaturated/α-hetero) is 1. The van der Waals surface area contributed by atoms with E-state index in [0.29, 0.717) is 28.5 Å². The molecule has 0 saturated heterocycles. The normalized spacial score (nSPS) is 10.9. The summed E-state index contributed by atoms with van der Waals surface area (Å²) in [5.74, 6) is 0.501. The number of nitrogens with zero attached hydrogens (tertiary/aromatic N) is 4. The van der Waals surface area contributed by atoms with Gasteiger partial charge in [0, 0.05) is 34.6 Å². The third-order valence-electron chi connectivity index (χ3n) is 4.70. The van der Waals surface area contributed by atoms with E-state index in [-0.39, 0.29) is 18.8 Å². The molecule has 0 bridgehead atoms. The van der Waals surface area contributed by atoms with Gasteiger partial charge in [-0.1, -0.05) is 11.2 Å². The number of carbonyl (C=O) groups excluding carboxylic acids is 2. The van der Waals surface area contributed by atoms with E-state index in [9.17, 15) is 9.59 Å². The zero-order valence-corrected chi connectivity index (χ0v) is 18.1. The lowest BCUT2D eigenvalue weighted by Crippen LogP contribution is -2.16. The van der Waals surface area contributed by atoms with Crippen LogP contribution in [0.2, 0.25) is 0 Å². The highest BCUT2D eigenvalue weighted by Crippen LogP contribution is 2.23. The monoisotopic (exact) mass is 436 g/mol. The molecule has 0 fully saturated rings. The maximum atomic E-state index is 12.7. The van der Waals surface area contributed by atoms with Gasteiger partial charge >= 0.3 is 5.97 Å². The average molecular weight is 436 g/mol. The number of carbonyl (C=O) groups is 2. The summed E-state index contributed by atoms with van der Waals surface area (Å²) in [4.78, 5) is 33.6. The largest absolute Gasteiger partial charge is 0.457 e. The highest BCUT2D eigenvalue weighted by Gasteiger charge is 2.20. The summed E-state index contributed by atoms with van der Waals surface area (Å²) in [5.41, 5.74) is 3.37. The molecule has 4 aromatic rings. The lowest BCUT2D eigenvalue weighted by molar-refractivity contribution is -0.141. The van der Waals surface area contributed by atoms with Crippen molar-refractivity contribution in [3.63, 3.8) is 0 Å². The lowest BCUT2D eigenvalue weighted by Gasteiger charge is -2.06. The van der Waals surface area contributed by atoms with Crippen molar-refractivity contribution in [2.75, 3.05) is 6.61 Å². The van der Waals surface area contributed by atoms with Gasteiger partial charge in [-0.3, -0.25) is 19.1 Å². The number of pyridine rings is 1. The Morgan fingerprint density at radius 2 is 2.03 bits per heavy atom. The van der Waals surface area contributed by atoms with Gasteiger partial charge in [0.25, 0.3) is 0 Å². The van der Waals surface area contributed by atoms with Gasteiger partial charge in [-0.15, -0.1) is 11.3 Å². The first-order valence-electron chi connectivity index (χ1n) is 9.59. The average Bonchev–Trinajstić information content (AvgIpc) is 3.46. The SMILES string of the molecule is Cc1cc(-n2c(C)cc(C(=O)COC(=O)Cc3csc(-c4ccccn4)n3)c2C)no1. The maximum Gasteiger partial charge on any atom is 0.312 e. The second-order valence-electron chi connectivity index (χ2n) is 7.04. The van der Waals surface area contributed by atoms with E-state index in [1.54, 1.807) is 30.6 Å². The van der Waals surface area contributed by atoms with Crippen LogP contribution in [0.4, 0.5) is 0 Å². The molecular formula is C22H20N4O4S. The maximum absolute atomic E-state index is 12.7. The van der Waals surface area contributed by atoms with Crippen molar-refractivity contribution in [3.05, 3.63) is 70.3 Å². The number of aromatic nitrogens is 4. The summed E-state index contributed by atoms with van der Waals surface area (Å²) in [5, 5.41) is 6.53. The first kappa shape index (κ1) is 20.7. The zero-order chi connectivity index (χ0) is 22.0. The summed E-state index contributed by atoms with van der Waals surface area (Å²) >= 11 is 1.41. The Kier molecular flexibility index (Phi) is 5.77. The second kappa shape index (κ2) is 8.65. The van der Waals surface area contributed by atoms with Gasteiger partial charge in [0.2, 0.25) is 5.78 Å². The third kappa shape index (κ3) is 4.46. The van der Waals surface area contributed by atoms with E-state index >= 15 is 0 Å². The van der Waals surface area contributed by atoms with Gasteiger partial charge in [0.15, 0.2) is 12.4 Å². The van der Waals surface area contributed by atoms with E-state index in [2.05, 4.69) is 15.1 Å². The highest BCUT2D eigenvalue weighted by atomic mass is 32.1. The Morgan fingerprint density at radius 1 is 1.19 bits per heavy atom. The van der Waals surface area contributed by atoms with Crippen molar-refractivity contribution in [1.29, 1.82) is 0 Å². The molecule has 0 amide bonds. The van der Waals surface area contributed by atoms with Gasteiger partial charge in [-0.25, -0.2) is 4.98 Å². The van der Waals surface area contributed by atoms with Crippen molar-refractivity contribution in [2.45, 2.75) is 27.2 Å². The fraction of sp³-hybridized carbons (Fsp3) is 0.227. The molecule has 9 heteroatoms. The van der Waals surface area contributed by atoms with E-state index in [1.165, 1.54) is 11.3 Å². The fourth-order valence-electron chi connectivity index (χ4n) is 3.27. The Bertz CT molecular complexity index is 1240. The molecule has 0 aliphatic heterocycles. The molecule has 0 aliphatic carbocycles. The molecule has 0 spiro atoms. The van der Waals surface area contributed by atoms with Crippen LogP contribution in [-0.2, 0) is 16.0 Å². The minimum absolute atomic E-state index is 0.00610. The van der Waals surface area contributed by atoms with Gasteiger partial charge in [0.05, 0.1) is 17.8 Å². The lowest BCUT2D eigenvalue weighted by atomic mass is 10.1. The quantitative estimate of drug-likeness (QED) is 0.320. The molecule has 31 heavy (non-hydrogen) atoms. The molecular weight excluding hydrogens is 416 g/mol. The van der Waals surface area contributed by atoms with Crippen molar-refractivity contribution in [1.82, 2.24) is 19.7 Å². The molecule has 4 rings (SSSR count). The molecule has 158 valence electrons. The Morgan fingerprint density at radius 3 is 2.74 bits per heavy atom. The third-order valence-corrected chi connectivity index (χ3v) is 5.62. The molecule has 0 radical (unpaired) electrons. The number of aryl methyl sites for hydroxylation is 2. The molecule has 0 N–H and O–H groups in total. The molecule has 4 heterocycles. The van der Waals surface area contributed by atoms with Crippen LogP contribution >= 0.6 is 11.3 Å². The number of esters is 1. The first-order chi connectivity index (χ1) is 14.9. The molecule has 4 aromatic heterocycles. The summed E-state index contributed by atoms with van der Waals surface area (Å²) in [6.45, 7) is 5.16. The van der Waals surface area contributed by atoms with E-state index in [0.717, 1.165) is 16.4 Å². The standard InChI is InChI=1S/C22H20N4O4S/c1-13-8-17(15(3)26(13)20-9-14(2)30-25-20)19(27)11-29-21(28)10-16-12-31-22(24-16)18-6-4-5-7-23-18/h4-9,12H,10-11H2,1-3H3. The van der Waals surface area contributed by atoms with Gasteiger partial charge < -0.3 is 9.26 Å². The summed E-state index contributed by atoms with van der Waals surface area (Å²) in [6, 6.07) is 9.12. The Balaban J connectivity index is 1.38.